The summed E-state index contributed by atoms with van der Waals surface area (Å²) in [5.74, 6) is 0. The first-order valence-electron chi connectivity index (χ1n) is 13.8. The lowest BCUT2D eigenvalue weighted by atomic mass is 9.98. The van der Waals surface area contributed by atoms with Crippen molar-refractivity contribution in [2.75, 3.05) is 13.2 Å². The Balaban J connectivity index is 1.56. The molecule has 1 N–H and O–H groups in total. The molecule has 6 nitrogen and oxygen atoms in total. The second kappa shape index (κ2) is 14.7. The van der Waals surface area contributed by atoms with E-state index in [0.717, 1.165) is 16.7 Å². The first-order valence-corrected chi connectivity index (χ1v) is 13.8. The van der Waals surface area contributed by atoms with E-state index in [1.54, 1.807) is 0 Å². The molecule has 1 aliphatic rings. The van der Waals surface area contributed by atoms with Gasteiger partial charge >= 0.3 is 0 Å². The van der Waals surface area contributed by atoms with E-state index in [0.29, 0.717) is 32.8 Å². The second-order valence-electron chi connectivity index (χ2n) is 10.4. The molecule has 0 spiro atoms. The van der Waals surface area contributed by atoms with E-state index in [1.807, 2.05) is 6.92 Å². The van der Waals surface area contributed by atoms with Gasteiger partial charge in [0.15, 0.2) is 6.29 Å². The van der Waals surface area contributed by atoms with Gasteiger partial charge in [-0.25, -0.2) is 0 Å². The third kappa shape index (κ3) is 8.70. The Kier molecular flexibility index (Phi) is 11.1. The lowest BCUT2D eigenvalue weighted by molar-refractivity contribution is -0.320. The van der Waals surface area contributed by atoms with Crippen LogP contribution in [0.4, 0.5) is 0 Å². The Morgan fingerprint density at radius 1 is 0.590 bits per heavy atom. The molecule has 0 aromatic heterocycles. The van der Waals surface area contributed by atoms with Crippen LogP contribution < -0.4 is 0 Å². The van der Waals surface area contributed by atoms with Crippen LogP contribution in [0.2, 0.25) is 0 Å². The Labute approximate surface area is 232 Å². The number of aryl methyl sites for hydroxylation is 3. The van der Waals surface area contributed by atoms with Gasteiger partial charge in [-0.2, -0.15) is 0 Å². The minimum atomic E-state index is -0.653. The summed E-state index contributed by atoms with van der Waals surface area (Å²) in [6.45, 7) is 9.84. The molecule has 5 atom stereocenters. The summed E-state index contributed by atoms with van der Waals surface area (Å²) >= 11 is 0. The summed E-state index contributed by atoms with van der Waals surface area (Å²) in [5.41, 5.74) is 6.83. The number of hydrogen-bond donors (Lipinski definition) is 1. The molecule has 0 saturated carbocycles. The van der Waals surface area contributed by atoms with Gasteiger partial charge in [0, 0.05) is 6.61 Å². The van der Waals surface area contributed by atoms with Crippen LogP contribution in [0.3, 0.4) is 0 Å². The normalized spacial score (nSPS) is 23.2. The summed E-state index contributed by atoms with van der Waals surface area (Å²) < 4.78 is 32.0. The lowest BCUT2D eigenvalue weighted by Crippen LogP contribution is -2.60. The number of benzene rings is 3. The zero-order valence-corrected chi connectivity index (χ0v) is 23.5. The van der Waals surface area contributed by atoms with Crippen molar-refractivity contribution in [1.29, 1.82) is 0 Å². The van der Waals surface area contributed by atoms with Crippen LogP contribution >= 0.6 is 0 Å². The van der Waals surface area contributed by atoms with Gasteiger partial charge in [0.2, 0.25) is 0 Å². The fourth-order valence-corrected chi connectivity index (χ4v) is 4.60. The van der Waals surface area contributed by atoms with Crippen molar-refractivity contribution in [1.82, 2.24) is 0 Å². The van der Waals surface area contributed by atoms with Gasteiger partial charge in [0.1, 0.15) is 18.3 Å². The standard InChI is InChI=1S/C33H42O6/c1-23-6-12-27(13-7-23)20-36-30-26(4)39-33(35-19-5-18-34)32(38-22-29-16-10-25(3)11-17-29)31(30)37-21-28-14-8-24(2)9-15-28/h6-17,26,30-34H,5,18-22H2,1-4H3/t26-,30+,31+,32-,33+/m0/s1. The molecule has 1 heterocycles. The molecule has 6 heteroatoms. The first kappa shape index (κ1) is 29.4. The average Bonchev–Trinajstić information content (AvgIpc) is 2.93. The molecule has 3 aromatic carbocycles. The van der Waals surface area contributed by atoms with Crippen molar-refractivity contribution in [3.63, 3.8) is 0 Å². The number of rotatable bonds is 13. The highest BCUT2D eigenvalue weighted by atomic mass is 16.7. The highest BCUT2D eigenvalue weighted by Crippen LogP contribution is 2.31. The topological polar surface area (TPSA) is 66.4 Å². The van der Waals surface area contributed by atoms with Gasteiger partial charge in [-0.05, 0) is 50.8 Å². The molecular formula is C33H42O6. The van der Waals surface area contributed by atoms with Crippen molar-refractivity contribution >= 4 is 0 Å². The Bertz CT molecular complexity index is 1110. The van der Waals surface area contributed by atoms with Crippen molar-refractivity contribution in [2.24, 2.45) is 0 Å². The number of ether oxygens (including phenoxy) is 5. The van der Waals surface area contributed by atoms with Crippen LogP contribution in [0.5, 0.6) is 0 Å². The van der Waals surface area contributed by atoms with Gasteiger partial charge in [0.05, 0.1) is 32.5 Å². The minimum absolute atomic E-state index is 0.0484. The number of aliphatic hydroxyl groups excluding tert-OH is 1. The third-order valence-electron chi connectivity index (χ3n) is 7.00. The molecule has 4 rings (SSSR count). The number of hydrogen-bond acceptors (Lipinski definition) is 6. The molecule has 0 radical (unpaired) electrons. The smallest absolute Gasteiger partial charge is 0.186 e. The average molecular weight is 535 g/mol. The molecule has 1 aliphatic heterocycles. The maximum Gasteiger partial charge on any atom is 0.186 e. The summed E-state index contributed by atoms with van der Waals surface area (Å²) in [5, 5.41) is 9.31. The quantitative estimate of drug-likeness (QED) is 0.279. The predicted molar refractivity (Wildman–Crippen MR) is 151 cm³/mol. The highest BCUT2D eigenvalue weighted by Gasteiger charge is 2.47. The van der Waals surface area contributed by atoms with Crippen LogP contribution in [-0.4, -0.2) is 49.0 Å². The van der Waals surface area contributed by atoms with E-state index in [-0.39, 0.29) is 18.8 Å². The Morgan fingerprint density at radius 3 is 1.44 bits per heavy atom. The summed E-state index contributed by atoms with van der Waals surface area (Å²) in [4.78, 5) is 0. The van der Waals surface area contributed by atoms with Crippen LogP contribution in [-0.2, 0) is 43.5 Å². The zero-order chi connectivity index (χ0) is 27.6. The SMILES string of the molecule is Cc1ccc(CO[C@H]2[C@H](OCc3ccc(C)cc3)[C@H](OCCCO)O[C@@H](C)[C@H]2OCc2ccc(C)cc2)cc1. The van der Waals surface area contributed by atoms with Gasteiger partial charge < -0.3 is 28.8 Å². The van der Waals surface area contributed by atoms with Crippen LogP contribution in [0.25, 0.3) is 0 Å². The largest absolute Gasteiger partial charge is 0.396 e. The van der Waals surface area contributed by atoms with Crippen molar-refractivity contribution in [3.8, 4) is 0 Å². The Morgan fingerprint density at radius 2 is 1.00 bits per heavy atom. The summed E-state index contributed by atoms with van der Waals surface area (Å²) in [6, 6.07) is 25.0. The molecule has 210 valence electrons. The van der Waals surface area contributed by atoms with Crippen molar-refractivity contribution in [3.05, 3.63) is 106 Å². The van der Waals surface area contributed by atoms with Gasteiger partial charge in [0.25, 0.3) is 0 Å². The van der Waals surface area contributed by atoms with Crippen LogP contribution in [0.1, 0.15) is 46.7 Å². The van der Waals surface area contributed by atoms with E-state index in [4.69, 9.17) is 23.7 Å². The molecule has 0 bridgehead atoms. The first-order chi connectivity index (χ1) is 18.9. The minimum Gasteiger partial charge on any atom is -0.396 e. The molecule has 3 aromatic rings. The predicted octanol–water partition coefficient (Wildman–Crippen LogP) is 5.81. The van der Waals surface area contributed by atoms with E-state index in [2.05, 4.69) is 93.6 Å². The monoisotopic (exact) mass is 534 g/mol. The molecule has 0 aliphatic carbocycles. The van der Waals surface area contributed by atoms with E-state index in [9.17, 15) is 5.11 Å². The molecule has 1 saturated heterocycles. The second-order valence-corrected chi connectivity index (χ2v) is 10.4. The fourth-order valence-electron chi connectivity index (χ4n) is 4.60. The van der Waals surface area contributed by atoms with E-state index < -0.39 is 18.5 Å². The Hall–Kier alpha value is -2.58. The zero-order valence-electron chi connectivity index (χ0n) is 23.5. The summed E-state index contributed by atoms with van der Waals surface area (Å²) in [7, 11) is 0. The maximum atomic E-state index is 9.31. The lowest BCUT2D eigenvalue weighted by Gasteiger charge is -2.45. The molecular weight excluding hydrogens is 492 g/mol. The van der Waals surface area contributed by atoms with E-state index >= 15 is 0 Å². The maximum absolute atomic E-state index is 9.31. The highest BCUT2D eigenvalue weighted by molar-refractivity contribution is 5.22. The molecule has 39 heavy (non-hydrogen) atoms. The van der Waals surface area contributed by atoms with Gasteiger partial charge in [-0.15, -0.1) is 0 Å². The van der Waals surface area contributed by atoms with Crippen LogP contribution in [0, 0.1) is 20.8 Å². The van der Waals surface area contributed by atoms with Crippen molar-refractivity contribution in [2.45, 2.75) is 84.6 Å². The van der Waals surface area contributed by atoms with Crippen LogP contribution in [0.15, 0.2) is 72.8 Å². The summed E-state index contributed by atoms with van der Waals surface area (Å²) in [6.07, 6.45) is -1.78. The fraction of sp³-hybridized carbons (Fsp3) is 0.455. The van der Waals surface area contributed by atoms with Gasteiger partial charge in [-0.3, -0.25) is 0 Å². The van der Waals surface area contributed by atoms with E-state index in [1.165, 1.54) is 16.7 Å². The third-order valence-corrected chi connectivity index (χ3v) is 7.00. The van der Waals surface area contributed by atoms with Gasteiger partial charge in [-0.1, -0.05) is 89.5 Å². The molecule has 0 amide bonds. The molecule has 1 fully saturated rings. The molecule has 0 unspecified atom stereocenters. The number of aliphatic hydroxyl groups is 1. The van der Waals surface area contributed by atoms with Crippen molar-refractivity contribution < 1.29 is 28.8 Å².